The molecule has 3 heterocycles. The van der Waals surface area contributed by atoms with Crippen LogP contribution in [-0.2, 0) is 17.9 Å². The highest BCUT2D eigenvalue weighted by molar-refractivity contribution is 6.01. The van der Waals surface area contributed by atoms with Crippen LogP contribution >= 0.6 is 0 Å². The number of hydrogen-bond acceptors (Lipinski definition) is 5. The molecule has 0 atom stereocenters. The van der Waals surface area contributed by atoms with Crippen molar-refractivity contribution in [1.29, 1.82) is 0 Å². The lowest BCUT2D eigenvalue weighted by atomic mass is 10.2. The molecule has 0 radical (unpaired) electrons. The third kappa shape index (κ3) is 3.26. The Bertz CT molecular complexity index is 1190. The number of para-hydroxylation sites is 1. The minimum absolute atomic E-state index is 0.0219. The van der Waals surface area contributed by atoms with Crippen LogP contribution in [0.1, 0.15) is 19.4 Å². The number of aromatic nitrogens is 3. The third-order valence-corrected chi connectivity index (χ3v) is 4.68. The normalized spacial score (nSPS) is 11.4. The molecule has 0 bridgehead atoms. The van der Waals surface area contributed by atoms with Gasteiger partial charge in [0.2, 0.25) is 11.5 Å². The molecule has 28 heavy (non-hydrogen) atoms. The molecular formula is C21H20N4O3. The minimum Gasteiger partial charge on any atom is -0.448 e. The molecule has 0 spiro atoms. The molecule has 1 amide bonds. The Kier molecular flexibility index (Phi) is 4.65. The molecule has 4 aromatic rings. The zero-order valence-corrected chi connectivity index (χ0v) is 15.7. The van der Waals surface area contributed by atoms with Gasteiger partial charge in [-0.1, -0.05) is 18.2 Å². The Balaban J connectivity index is 1.64. The van der Waals surface area contributed by atoms with Crippen LogP contribution in [0.5, 0.6) is 0 Å². The first-order chi connectivity index (χ1) is 13.5. The van der Waals surface area contributed by atoms with Crippen LogP contribution in [0.2, 0.25) is 0 Å². The van der Waals surface area contributed by atoms with Gasteiger partial charge in [0, 0.05) is 30.4 Å². The standard InChI is InChI=1S/C21H20N4O3/c1-14(2)25(11-15-6-5-9-22-10-15)18(26)12-24-13-23-19-16-7-3-4-8-17(16)28-20(19)21(24)27/h3-10,13-14H,11-12H2,1-2H3. The van der Waals surface area contributed by atoms with E-state index in [0.717, 1.165) is 10.9 Å². The van der Waals surface area contributed by atoms with E-state index in [1.165, 1.54) is 10.9 Å². The lowest BCUT2D eigenvalue weighted by molar-refractivity contribution is -0.134. The zero-order chi connectivity index (χ0) is 19.7. The number of carbonyl (C=O) groups is 1. The van der Waals surface area contributed by atoms with Crippen LogP contribution in [-0.4, -0.2) is 31.4 Å². The number of rotatable bonds is 5. The molecule has 0 saturated heterocycles. The maximum absolute atomic E-state index is 12.9. The number of fused-ring (bicyclic) bond motifs is 3. The maximum Gasteiger partial charge on any atom is 0.297 e. The summed E-state index contributed by atoms with van der Waals surface area (Å²) in [6.07, 6.45) is 4.84. The van der Waals surface area contributed by atoms with Crippen molar-refractivity contribution in [2.75, 3.05) is 0 Å². The molecule has 0 aliphatic rings. The Morgan fingerprint density at radius 2 is 2.04 bits per heavy atom. The van der Waals surface area contributed by atoms with E-state index in [0.29, 0.717) is 17.6 Å². The quantitative estimate of drug-likeness (QED) is 0.535. The van der Waals surface area contributed by atoms with E-state index in [4.69, 9.17) is 4.42 Å². The average Bonchev–Trinajstić information content (AvgIpc) is 3.08. The van der Waals surface area contributed by atoms with Crippen molar-refractivity contribution in [3.05, 3.63) is 71.0 Å². The fourth-order valence-electron chi connectivity index (χ4n) is 3.21. The van der Waals surface area contributed by atoms with Crippen LogP contribution in [0.25, 0.3) is 22.1 Å². The number of amides is 1. The van der Waals surface area contributed by atoms with Crippen molar-refractivity contribution in [1.82, 2.24) is 19.4 Å². The summed E-state index contributed by atoms with van der Waals surface area (Å²) in [7, 11) is 0. The van der Waals surface area contributed by atoms with Crippen LogP contribution in [0.4, 0.5) is 0 Å². The van der Waals surface area contributed by atoms with Gasteiger partial charge in [0.05, 0.1) is 6.33 Å². The Labute approximate surface area is 161 Å². The SMILES string of the molecule is CC(C)N(Cc1cccnc1)C(=O)Cn1cnc2c(oc3ccccc32)c1=O. The monoisotopic (exact) mass is 376 g/mol. The molecule has 0 aliphatic heterocycles. The first-order valence-electron chi connectivity index (χ1n) is 9.09. The Morgan fingerprint density at radius 1 is 1.21 bits per heavy atom. The molecule has 0 N–H and O–H groups in total. The topological polar surface area (TPSA) is 81.2 Å². The predicted molar refractivity (Wildman–Crippen MR) is 106 cm³/mol. The smallest absolute Gasteiger partial charge is 0.297 e. The van der Waals surface area contributed by atoms with E-state index >= 15 is 0 Å². The van der Waals surface area contributed by atoms with Crippen LogP contribution < -0.4 is 5.56 Å². The second-order valence-electron chi connectivity index (χ2n) is 6.93. The highest BCUT2D eigenvalue weighted by atomic mass is 16.3. The summed E-state index contributed by atoms with van der Waals surface area (Å²) in [5.74, 6) is -0.168. The fraction of sp³-hybridized carbons (Fsp3) is 0.238. The number of benzene rings is 1. The van der Waals surface area contributed by atoms with Crippen molar-refractivity contribution in [2.45, 2.75) is 33.0 Å². The van der Waals surface area contributed by atoms with Gasteiger partial charge in [-0.15, -0.1) is 0 Å². The van der Waals surface area contributed by atoms with Gasteiger partial charge in [-0.2, -0.15) is 0 Å². The molecule has 0 aliphatic carbocycles. The van der Waals surface area contributed by atoms with Gasteiger partial charge in [-0.05, 0) is 37.6 Å². The van der Waals surface area contributed by atoms with Crippen molar-refractivity contribution in [3.63, 3.8) is 0 Å². The highest BCUT2D eigenvalue weighted by Crippen LogP contribution is 2.24. The van der Waals surface area contributed by atoms with Gasteiger partial charge < -0.3 is 9.32 Å². The summed E-state index contributed by atoms with van der Waals surface area (Å²) in [5.41, 5.74) is 1.86. The minimum atomic E-state index is -0.361. The third-order valence-electron chi connectivity index (χ3n) is 4.68. The molecule has 7 nitrogen and oxygen atoms in total. The van der Waals surface area contributed by atoms with Gasteiger partial charge in [-0.3, -0.25) is 19.1 Å². The van der Waals surface area contributed by atoms with Crippen molar-refractivity contribution in [3.8, 4) is 0 Å². The summed E-state index contributed by atoms with van der Waals surface area (Å²) in [6, 6.07) is 11.1. The summed E-state index contributed by atoms with van der Waals surface area (Å²) in [5, 5.41) is 0.786. The van der Waals surface area contributed by atoms with Gasteiger partial charge in [-0.25, -0.2) is 4.98 Å². The maximum atomic E-state index is 12.9. The van der Waals surface area contributed by atoms with E-state index in [1.807, 2.05) is 44.2 Å². The van der Waals surface area contributed by atoms with E-state index in [1.54, 1.807) is 23.4 Å². The Hall–Kier alpha value is -3.48. The number of nitrogens with zero attached hydrogens (tertiary/aromatic N) is 4. The van der Waals surface area contributed by atoms with Crippen LogP contribution in [0, 0.1) is 0 Å². The fourth-order valence-corrected chi connectivity index (χ4v) is 3.21. The zero-order valence-electron chi connectivity index (χ0n) is 15.7. The second-order valence-corrected chi connectivity index (χ2v) is 6.93. The highest BCUT2D eigenvalue weighted by Gasteiger charge is 2.20. The molecule has 1 aromatic carbocycles. The van der Waals surface area contributed by atoms with Crippen molar-refractivity contribution < 1.29 is 9.21 Å². The molecule has 0 fully saturated rings. The molecular weight excluding hydrogens is 356 g/mol. The molecule has 4 rings (SSSR count). The summed E-state index contributed by atoms with van der Waals surface area (Å²) < 4.78 is 6.98. The first kappa shape index (κ1) is 17.9. The van der Waals surface area contributed by atoms with E-state index in [9.17, 15) is 9.59 Å². The second kappa shape index (κ2) is 7.26. The van der Waals surface area contributed by atoms with Gasteiger partial charge >= 0.3 is 0 Å². The number of carbonyl (C=O) groups excluding carboxylic acids is 1. The summed E-state index contributed by atoms with van der Waals surface area (Å²) in [6.45, 7) is 4.21. The number of furan rings is 1. The first-order valence-corrected chi connectivity index (χ1v) is 9.09. The van der Waals surface area contributed by atoms with Gasteiger partial charge in [0.1, 0.15) is 17.6 Å². The predicted octanol–water partition coefficient (Wildman–Crippen LogP) is 2.97. The van der Waals surface area contributed by atoms with Gasteiger partial charge in [0.15, 0.2) is 0 Å². The van der Waals surface area contributed by atoms with Crippen LogP contribution in [0.3, 0.4) is 0 Å². The lowest BCUT2D eigenvalue weighted by Gasteiger charge is -2.27. The van der Waals surface area contributed by atoms with Crippen molar-refractivity contribution >= 4 is 28.0 Å². The van der Waals surface area contributed by atoms with E-state index in [-0.39, 0.29) is 29.6 Å². The molecule has 0 saturated carbocycles. The summed E-state index contributed by atoms with van der Waals surface area (Å²) in [4.78, 5) is 35.9. The number of hydrogen-bond donors (Lipinski definition) is 0. The van der Waals surface area contributed by atoms with Crippen molar-refractivity contribution in [2.24, 2.45) is 0 Å². The molecule has 7 heteroatoms. The Morgan fingerprint density at radius 3 is 2.79 bits per heavy atom. The van der Waals surface area contributed by atoms with E-state index < -0.39 is 0 Å². The average molecular weight is 376 g/mol. The molecule has 142 valence electrons. The molecule has 3 aromatic heterocycles. The summed E-state index contributed by atoms with van der Waals surface area (Å²) >= 11 is 0. The van der Waals surface area contributed by atoms with E-state index in [2.05, 4.69) is 9.97 Å². The largest absolute Gasteiger partial charge is 0.448 e. The number of pyridine rings is 1. The molecule has 0 unspecified atom stereocenters. The lowest BCUT2D eigenvalue weighted by Crippen LogP contribution is -2.40. The van der Waals surface area contributed by atoms with Gasteiger partial charge in [0.25, 0.3) is 5.56 Å². The van der Waals surface area contributed by atoms with Crippen LogP contribution in [0.15, 0.2) is 64.3 Å².